The first-order chi connectivity index (χ1) is 12.7. The van der Waals surface area contributed by atoms with Crippen molar-refractivity contribution in [2.24, 2.45) is 13.0 Å². The molecule has 1 unspecified atom stereocenters. The van der Waals surface area contributed by atoms with Crippen LogP contribution in [-0.4, -0.2) is 35.9 Å². The lowest BCUT2D eigenvalue weighted by atomic mass is 10.1. The highest BCUT2D eigenvalue weighted by Crippen LogP contribution is 2.37. The van der Waals surface area contributed by atoms with Crippen LogP contribution in [0.15, 0.2) is 12.5 Å². The highest BCUT2D eigenvalue weighted by molar-refractivity contribution is 6.28. The van der Waals surface area contributed by atoms with Gasteiger partial charge in [-0.05, 0) is 56.0 Å². The smallest absolute Gasteiger partial charge is 0.225 e. The summed E-state index contributed by atoms with van der Waals surface area (Å²) in [6, 6.07) is 0. The van der Waals surface area contributed by atoms with Crippen molar-refractivity contribution >= 4 is 22.8 Å². The van der Waals surface area contributed by atoms with E-state index in [2.05, 4.69) is 20.1 Å². The first-order valence-electron chi connectivity index (χ1n) is 9.23. The molecule has 2 aliphatic rings. The standard InChI is InChI=1S/C18H21ClN6O/c1-24-13(8-11-5-6-11)12(9-21-24)15-16-17(23-18(19)22-15)25(10-20-16)14-4-2-3-7-26-14/h9-11,14H,2-8H2,1H3. The summed E-state index contributed by atoms with van der Waals surface area (Å²) in [5, 5.41) is 4.69. The minimum Gasteiger partial charge on any atom is -0.358 e. The maximum absolute atomic E-state index is 6.29. The van der Waals surface area contributed by atoms with Crippen LogP contribution in [0, 0.1) is 5.92 Å². The third-order valence-corrected chi connectivity index (χ3v) is 5.52. The monoisotopic (exact) mass is 372 g/mol. The zero-order valence-corrected chi connectivity index (χ0v) is 15.5. The van der Waals surface area contributed by atoms with Gasteiger partial charge in [0.25, 0.3) is 0 Å². The average molecular weight is 373 g/mol. The summed E-state index contributed by atoms with van der Waals surface area (Å²) in [6.45, 7) is 0.768. The number of hydrogen-bond acceptors (Lipinski definition) is 5. The van der Waals surface area contributed by atoms with Gasteiger partial charge in [0, 0.05) is 24.9 Å². The number of ether oxygens (including phenoxy) is 1. The molecule has 0 spiro atoms. The van der Waals surface area contributed by atoms with Crippen molar-refractivity contribution in [2.75, 3.05) is 6.61 Å². The average Bonchev–Trinajstić information content (AvgIpc) is 3.26. The van der Waals surface area contributed by atoms with Gasteiger partial charge < -0.3 is 4.74 Å². The van der Waals surface area contributed by atoms with Crippen molar-refractivity contribution in [3.8, 4) is 11.3 Å². The molecule has 1 saturated heterocycles. The van der Waals surface area contributed by atoms with Crippen LogP contribution < -0.4 is 0 Å². The van der Waals surface area contributed by atoms with Gasteiger partial charge in [0.05, 0.1) is 12.5 Å². The molecule has 3 aromatic rings. The van der Waals surface area contributed by atoms with E-state index in [9.17, 15) is 0 Å². The number of imidazole rings is 1. The maximum atomic E-state index is 6.29. The molecule has 136 valence electrons. The summed E-state index contributed by atoms with van der Waals surface area (Å²) in [4.78, 5) is 13.6. The molecule has 4 heterocycles. The second-order valence-electron chi connectivity index (χ2n) is 7.26. The van der Waals surface area contributed by atoms with E-state index in [4.69, 9.17) is 16.3 Å². The molecule has 1 atom stereocenters. The maximum Gasteiger partial charge on any atom is 0.225 e. The Morgan fingerprint density at radius 3 is 2.88 bits per heavy atom. The summed E-state index contributed by atoms with van der Waals surface area (Å²) in [5.74, 6) is 0.755. The Bertz CT molecular complexity index is 954. The minimum absolute atomic E-state index is 0.0348. The van der Waals surface area contributed by atoms with Crippen LogP contribution in [0.5, 0.6) is 0 Å². The number of nitrogens with zero attached hydrogens (tertiary/aromatic N) is 6. The third-order valence-electron chi connectivity index (χ3n) is 5.36. The lowest BCUT2D eigenvalue weighted by molar-refractivity contribution is -0.0298. The first kappa shape index (κ1) is 16.2. The molecule has 1 aliphatic carbocycles. The molecule has 26 heavy (non-hydrogen) atoms. The quantitative estimate of drug-likeness (QED) is 0.655. The first-order valence-corrected chi connectivity index (χ1v) is 9.61. The van der Waals surface area contributed by atoms with E-state index >= 15 is 0 Å². The fraction of sp³-hybridized carbons (Fsp3) is 0.556. The van der Waals surface area contributed by atoms with Gasteiger partial charge in [0.15, 0.2) is 5.65 Å². The zero-order valence-electron chi connectivity index (χ0n) is 14.7. The van der Waals surface area contributed by atoms with Crippen LogP contribution in [0.25, 0.3) is 22.4 Å². The number of fused-ring (bicyclic) bond motifs is 1. The molecule has 7 nitrogen and oxygen atoms in total. The minimum atomic E-state index is -0.0348. The molecule has 0 radical (unpaired) electrons. The highest BCUT2D eigenvalue weighted by atomic mass is 35.5. The molecular formula is C18H21ClN6O. The fourth-order valence-electron chi connectivity index (χ4n) is 3.73. The topological polar surface area (TPSA) is 70.7 Å². The van der Waals surface area contributed by atoms with Crippen molar-refractivity contribution < 1.29 is 4.74 Å². The molecule has 8 heteroatoms. The Morgan fingerprint density at radius 2 is 2.12 bits per heavy atom. The van der Waals surface area contributed by atoms with E-state index < -0.39 is 0 Å². The van der Waals surface area contributed by atoms with Crippen molar-refractivity contribution in [1.29, 1.82) is 0 Å². The molecule has 0 amide bonds. The zero-order chi connectivity index (χ0) is 17.7. The summed E-state index contributed by atoms with van der Waals surface area (Å²) in [5.41, 5.74) is 4.44. The fourth-order valence-corrected chi connectivity index (χ4v) is 3.89. The van der Waals surface area contributed by atoms with E-state index in [1.165, 1.54) is 18.5 Å². The van der Waals surface area contributed by atoms with Crippen molar-refractivity contribution in [3.05, 3.63) is 23.5 Å². The van der Waals surface area contributed by atoms with Gasteiger partial charge in [-0.15, -0.1) is 0 Å². The Morgan fingerprint density at radius 1 is 1.23 bits per heavy atom. The van der Waals surface area contributed by atoms with E-state index in [1.807, 2.05) is 22.5 Å². The summed E-state index contributed by atoms with van der Waals surface area (Å²) in [6.07, 6.45) is 10.4. The van der Waals surface area contributed by atoms with Crippen molar-refractivity contribution in [3.63, 3.8) is 0 Å². The largest absolute Gasteiger partial charge is 0.358 e. The van der Waals surface area contributed by atoms with Crippen LogP contribution in [0.1, 0.15) is 44.0 Å². The molecule has 3 aromatic heterocycles. The van der Waals surface area contributed by atoms with E-state index in [-0.39, 0.29) is 11.5 Å². The van der Waals surface area contributed by atoms with Crippen LogP contribution >= 0.6 is 11.6 Å². The van der Waals surface area contributed by atoms with Crippen LogP contribution in [0.4, 0.5) is 0 Å². The van der Waals surface area contributed by atoms with Crippen LogP contribution in [-0.2, 0) is 18.2 Å². The summed E-state index contributed by atoms with van der Waals surface area (Å²) >= 11 is 6.29. The highest BCUT2D eigenvalue weighted by Gasteiger charge is 2.27. The van der Waals surface area contributed by atoms with Crippen LogP contribution in [0.3, 0.4) is 0 Å². The van der Waals surface area contributed by atoms with Gasteiger partial charge in [0.1, 0.15) is 17.4 Å². The van der Waals surface area contributed by atoms with E-state index in [0.29, 0.717) is 0 Å². The molecule has 2 fully saturated rings. The van der Waals surface area contributed by atoms with E-state index in [0.717, 1.165) is 60.6 Å². The predicted octanol–water partition coefficient (Wildman–Crippen LogP) is 3.53. The van der Waals surface area contributed by atoms with Crippen LogP contribution in [0.2, 0.25) is 5.28 Å². The second-order valence-corrected chi connectivity index (χ2v) is 7.60. The molecule has 0 aromatic carbocycles. The normalized spacial score (nSPS) is 20.8. The lowest BCUT2D eigenvalue weighted by Crippen LogP contribution is -2.17. The van der Waals surface area contributed by atoms with Crippen molar-refractivity contribution in [1.82, 2.24) is 29.3 Å². The second kappa shape index (κ2) is 6.32. The van der Waals surface area contributed by atoms with Crippen molar-refractivity contribution in [2.45, 2.75) is 44.8 Å². The molecule has 5 rings (SSSR count). The lowest BCUT2D eigenvalue weighted by Gasteiger charge is -2.23. The Kier molecular flexibility index (Phi) is 3.94. The third kappa shape index (κ3) is 2.79. The SMILES string of the molecule is Cn1ncc(-c2nc(Cl)nc3c2ncn3C2CCCCO2)c1CC1CC1. The molecule has 0 bridgehead atoms. The number of rotatable bonds is 4. The molecule has 1 saturated carbocycles. The number of hydrogen-bond donors (Lipinski definition) is 0. The van der Waals surface area contributed by atoms with Gasteiger partial charge in [-0.25, -0.2) is 9.97 Å². The van der Waals surface area contributed by atoms with E-state index in [1.54, 1.807) is 6.33 Å². The van der Waals surface area contributed by atoms with Gasteiger partial charge in [-0.1, -0.05) is 0 Å². The summed E-state index contributed by atoms with van der Waals surface area (Å²) in [7, 11) is 1.98. The Hall–Kier alpha value is -1.99. The van der Waals surface area contributed by atoms with Gasteiger partial charge >= 0.3 is 0 Å². The summed E-state index contributed by atoms with van der Waals surface area (Å²) < 4.78 is 9.84. The number of aromatic nitrogens is 6. The van der Waals surface area contributed by atoms with Gasteiger partial charge in [-0.2, -0.15) is 10.1 Å². The van der Waals surface area contributed by atoms with Gasteiger partial charge in [0.2, 0.25) is 5.28 Å². The molecular weight excluding hydrogens is 352 g/mol. The number of halogens is 1. The Labute approximate surface area is 156 Å². The predicted molar refractivity (Wildman–Crippen MR) is 97.8 cm³/mol. The number of aryl methyl sites for hydroxylation is 1. The molecule has 1 aliphatic heterocycles. The van der Waals surface area contributed by atoms with Gasteiger partial charge in [-0.3, -0.25) is 9.25 Å². The molecule has 0 N–H and O–H groups in total. The Balaban J connectivity index is 1.63.